The van der Waals surface area contributed by atoms with Gasteiger partial charge in [0.15, 0.2) is 0 Å². The second kappa shape index (κ2) is 16.7. The minimum absolute atomic E-state index is 0.878. The second-order valence-corrected chi connectivity index (χ2v) is 11.7. The summed E-state index contributed by atoms with van der Waals surface area (Å²) in [6, 6.07) is 6.62. The lowest BCUT2D eigenvalue weighted by molar-refractivity contribution is 0.386. The molecule has 0 aromatic carbocycles. The maximum Gasteiger partial charge on any atom is 0.0447 e. The third kappa shape index (κ3) is 8.32. The van der Waals surface area contributed by atoms with Crippen LogP contribution in [0.4, 0.5) is 0 Å². The van der Waals surface area contributed by atoms with Gasteiger partial charge in [0.05, 0.1) is 0 Å². The van der Waals surface area contributed by atoms with E-state index in [2.05, 4.69) is 26.0 Å². The molecule has 34 heavy (non-hydrogen) atoms. The maximum atomic E-state index is 3.32. The van der Waals surface area contributed by atoms with Crippen LogP contribution in [0.3, 0.4) is 0 Å². The van der Waals surface area contributed by atoms with Crippen molar-refractivity contribution in [3.8, 4) is 11.1 Å². The van der Waals surface area contributed by atoms with Crippen LogP contribution in [0.2, 0.25) is 0 Å². The molecule has 0 bridgehead atoms. The molecule has 3 aliphatic rings. The number of hydrogen-bond acceptors (Lipinski definition) is 0. The van der Waals surface area contributed by atoms with Gasteiger partial charge in [0, 0.05) is 11.1 Å². The van der Waals surface area contributed by atoms with Gasteiger partial charge in [-0.25, -0.2) is 0 Å². The topological polar surface area (TPSA) is 0 Å². The Balaban J connectivity index is 1.04. The van der Waals surface area contributed by atoms with Crippen LogP contribution in [-0.4, -0.2) is 0 Å². The Bertz CT molecular complexity index is 656. The van der Waals surface area contributed by atoms with Crippen LogP contribution in [0.5, 0.6) is 0 Å². The van der Waals surface area contributed by atoms with E-state index in [0.29, 0.717) is 0 Å². The molecule has 0 aromatic heterocycles. The van der Waals surface area contributed by atoms with Crippen molar-refractivity contribution < 1.29 is 0 Å². The highest BCUT2D eigenvalue weighted by molar-refractivity contribution is 5.88. The van der Waals surface area contributed by atoms with Crippen LogP contribution in [0.15, 0.2) is 0 Å². The van der Waals surface area contributed by atoms with E-state index < -0.39 is 0 Å². The van der Waals surface area contributed by atoms with E-state index in [1.165, 1.54) is 165 Å². The summed E-state index contributed by atoms with van der Waals surface area (Å²) in [4.78, 5) is 0. The van der Waals surface area contributed by atoms with Gasteiger partial charge in [0.1, 0.15) is 0 Å². The molecular weight excluding hydrogens is 408 g/mol. The molecule has 0 heterocycles. The first-order valence-electron chi connectivity index (χ1n) is 15.9. The van der Waals surface area contributed by atoms with Crippen LogP contribution in [-0.2, 0) is 0 Å². The first-order valence-corrected chi connectivity index (χ1v) is 15.9. The molecule has 0 amide bonds. The molecule has 3 rings (SSSR count). The zero-order valence-electron chi connectivity index (χ0n) is 23.1. The largest absolute Gasteiger partial charge is 0.0654 e. The fourth-order valence-electron chi connectivity index (χ4n) is 6.61. The quantitative estimate of drug-likeness (QED) is 0.135. The normalized spacial score (nSPS) is 17.4. The lowest BCUT2D eigenvalue weighted by Gasteiger charge is -2.47. The fraction of sp³-hybridized carbons (Fsp3) is 0.824. The first-order chi connectivity index (χ1) is 16.9. The van der Waals surface area contributed by atoms with Gasteiger partial charge in [0.25, 0.3) is 0 Å². The zero-order valence-corrected chi connectivity index (χ0v) is 23.1. The van der Waals surface area contributed by atoms with Gasteiger partial charge < -0.3 is 0 Å². The lowest BCUT2D eigenvalue weighted by atomic mass is 9.55. The standard InChI is InChI=1S/C34H56/c1-3-5-7-8-9-10-11-12-13-14-15-16-17-18-19-20-21-22-23-24-26-30-29(25-6-4-2)33-31-27-28-32(31)34(30)33/h29-30H,3-26H2,1-2H3. The monoisotopic (exact) mass is 464 g/mol. The molecule has 0 heteroatoms. The van der Waals surface area contributed by atoms with E-state index in [-0.39, 0.29) is 0 Å². The predicted octanol–water partition coefficient (Wildman–Crippen LogP) is 11.9. The molecule has 0 fully saturated rings. The summed E-state index contributed by atoms with van der Waals surface area (Å²) in [7, 11) is 0. The maximum absolute atomic E-state index is 3.32. The van der Waals surface area contributed by atoms with Crippen LogP contribution in [0, 0.1) is 12.1 Å². The lowest BCUT2D eigenvalue weighted by Crippen LogP contribution is -2.31. The first kappa shape index (κ1) is 27.6. The molecule has 0 aliphatic heterocycles. The summed E-state index contributed by atoms with van der Waals surface area (Å²) in [6.07, 6.45) is 35.0. The summed E-state index contributed by atoms with van der Waals surface area (Å²) in [5.41, 5.74) is 6.37. The number of rotatable bonds is 24. The van der Waals surface area contributed by atoms with E-state index in [1.54, 1.807) is 11.1 Å². The number of fused-ring (bicyclic) bond motifs is 4. The van der Waals surface area contributed by atoms with Gasteiger partial charge in [-0.15, -0.1) is 0 Å². The van der Waals surface area contributed by atoms with Crippen LogP contribution >= 0.6 is 0 Å². The van der Waals surface area contributed by atoms with Gasteiger partial charge in [-0.2, -0.15) is 0 Å². The van der Waals surface area contributed by atoms with Gasteiger partial charge in [-0.05, 0) is 35.8 Å². The van der Waals surface area contributed by atoms with Crippen molar-refractivity contribution in [2.45, 2.75) is 180 Å². The third-order valence-electron chi connectivity index (χ3n) is 8.86. The predicted molar refractivity (Wildman–Crippen MR) is 151 cm³/mol. The van der Waals surface area contributed by atoms with Gasteiger partial charge in [-0.1, -0.05) is 167 Å². The number of hydrogen-bond donors (Lipinski definition) is 0. The van der Waals surface area contributed by atoms with Crippen molar-refractivity contribution in [1.29, 1.82) is 0 Å². The van der Waals surface area contributed by atoms with Crippen molar-refractivity contribution in [2.24, 2.45) is 0 Å². The molecule has 2 unspecified atom stereocenters. The summed E-state index contributed by atoms with van der Waals surface area (Å²) >= 11 is 0. The average Bonchev–Trinajstić information content (AvgIpc) is 2.83. The summed E-state index contributed by atoms with van der Waals surface area (Å²) in [6.45, 7) is 4.64. The Morgan fingerprint density at radius 2 is 0.676 bits per heavy atom. The second-order valence-electron chi connectivity index (χ2n) is 11.7. The number of unbranched alkanes of at least 4 members (excludes halogenated alkanes) is 20. The molecule has 0 saturated heterocycles. The molecule has 192 valence electrons. The summed E-state index contributed by atoms with van der Waals surface area (Å²) < 4.78 is 0. The van der Waals surface area contributed by atoms with Crippen molar-refractivity contribution >= 4 is 0 Å². The minimum Gasteiger partial charge on any atom is -0.0654 e. The van der Waals surface area contributed by atoms with E-state index >= 15 is 0 Å². The molecule has 0 spiro atoms. The van der Waals surface area contributed by atoms with E-state index in [4.69, 9.17) is 0 Å². The van der Waals surface area contributed by atoms with Crippen molar-refractivity contribution in [3.63, 3.8) is 0 Å². The molecule has 0 aromatic rings. The molecule has 0 radical (unpaired) electrons. The fourth-order valence-corrected chi connectivity index (χ4v) is 6.61. The molecule has 0 N–H and O–H groups in total. The Hall–Kier alpha value is -0.960. The van der Waals surface area contributed by atoms with Crippen LogP contribution in [0.25, 0.3) is 11.1 Å². The van der Waals surface area contributed by atoms with Crippen molar-refractivity contribution in [2.75, 3.05) is 0 Å². The van der Waals surface area contributed by atoms with Crippen molar-refractivity contribution in [3.05, 3.63) is 23.3 Å². The summed E-state index contributed by atoms with van der Waals surface area (Å²) in [5, 5.41) is 0. The summed E-state index contributed by atoms with van der Waals surface area (Å²) in [5.74, 6) is 1.76. The molecule has 2 atom stereocenters. The van der Waals surface area contributed by atoms with Gasteiger partial charge in [-0.3, -0.25) is 0 Å². The minimum atomic E-state index is 0.878. The third-order valence-corrected chi connectivity index (χ3v) is 8.86. The zero-order chi connectivity index (χ0) is 23.8. The Kier molecular flexibility index (Phi) is 13.5. The van der Waals surface area contributed by atoms with Crippen molar-refractivity contribution in [1.82, 2.24) is 0 Å². The Morgan fingerprint density at radius 3 is 1.00 bits per heavy atom. The highest BCUT2D eigenvalue weighted by Gasteiger charge is 2.46. The SMILES string of the molecule is CCCCCCCCCCCCCCCCCCCCCCC1c2c3c#cc-3c2C1CCCC. The Labute approximate surface area is 214 Å². The van der Waals surface area contributed by atoms with Crippen LogP contribution in [0.1, 0.15) is 191 Å². The highest BCUT2D eigenvalue weighted by Crippen LogP contribution is 2.63. The Morgan fingerprint density at radius 1 is 0.382 bits per heavy atom. The van der Waals surface area contributed by atoms with E-state index in [1.807, 2.05) is 0 Å². The van der Waals surface area contributed by atoms with Gasteiger partial charge in [0.2, 0.25) is 0 Å². The molecule has 3 aliphatic carbocycles. The molecule has 0 saturated carbocycles. The van der Waals surface area contributed by atoms with Crippen LogP contribution < -0.4 is 0 Å². The molecule has 0 nitrogen and oxygen atoms in total. The van der Waals surface area contributed by atoms with E-state index in [9.17, 15) is 0 Å². The van der Waals surface area contributed by atoms with Gasteiger partial charge >= 0.3 is 0 Å². The highest BCUT2D eigenvalue weighted by atomic mass is 14.5. The smallest absolute Gasteiger partial charge is 0.0447 e. The van der Waals surface area contributed by atoms with E-state index in [0.717, 1.165) is 11.8 Å². The average molecular weight is 465 g/mol. The molecular formula is C34H56.